The molecule has 0 radical (unpaired) electrons. The van der Waals surface area contributed by atoms with Crippen LogP contribution in [0, 0.1) is 18.6 Å². The van der Waals surface area contributed by atoms with Gasteiger partial charge in [0, 0.05) is 56.9 Å². The van der Waals surface area contributed by atoms with Crippen LogP contribution in [0.4, 0.5) is 20.5 Å². The number of thiocarbonyl (C=S) groups is 1. The number of aryl methyl sites for hydroxylation is 1. The van der Waals surface area contributed by atoms with E-state index >= 15 is 0 Å². The van der Waals surface area contributed by atoms with E-state index in [1.54, 1.807) is 6.07 Å². The third-order valence-corrected chi connectivity index (χ3v) is 7.27. The van der Waals surface area contributed by atoms with Crippen molar-refractivity contribution in [3.8, 4) is 11.3 Å². The molecule has 12 heteroatoms. The first-order valence-corrected chi connectivity index (χ1v) is 13.2. The molecule has 3 N–H and O–H groups in total. The number of likely N-dealkylation sites (N-methyl/N-ethyl adjacent to an activating group) is 1. The zero-order chi connectivity index (χ0) is 27.8. The van der Waals surface area contributed by atoms with Gasteiger partial charge >= 0.3 is 0 Å². The standard InChI is InChI=1S/C27H31F2N9S/c1-15(2)38-16(3)32-25-19(28)11-18(12-22(25)38)24-20(29)13-31-27(35-24)34-23-6-5-17-14-37(8-7-21(17)33-23)10-9-36(4)26(30)39/h5-6,11-13,15H,7-10,14H2,1-4H3,(H2,30,39)(H,31,33,34,35). The van der Waals surface area contributed by atoms with Crippen molar-refractivity contribution >= 4 is 40.1 Å². The highest BCUT2D eigenvalue weighted by atomic mass is 32.1. The molecule has 5 rings (SSSR count). The smallest absolute Gasteiger partial charge is 0.229 e. The van der Waals surface area contributed by atoms with Crippen molar-refractivity contribution in [3.05, 3.63) is 59.2 Å². The highest BCUT2D eigenvalue weighted by Crippen LogP contribution is 2.30. The molecular formula is C27H31F2N9S. The van der Waals surface area contributed by atoms with Gasteiger partial charge in [0.05, 0.1) is 11.7 Å². The monoisotopic (exact) mass is 551 g/mol. The summed E-state index contributed by atoms with van der Waals surface area (Å²) in [5.74, 6) is 0.246. The average molecular weight is 552 g/mol. The van der Waals surface area contributed by atoms with Crippen molar-refractivity contribution in [2.24, 2.45) is 5.73 Å². The molecule has 0 saturated heterocycles. The minimum Gasteiger partial charge on any atom is -0.376 e. The maximum Gasteiger partial charge on any atom is 0.229 e. The Morgan fingerprint density at radius 3 is 2.72 bits per heavy atom. The van der Waals surface area contributed by atoms with Crippen molar-refractivity contribution in [2.75, 3.05) is 32.0 Å². The van der Waals surface area contributed by atoms with Crippen molar-refractivity contribution in [1.82, 2.24) is 34.3 Å². The van der Waals surface area contributed by atoms with Gasteiger partial charge in [-0.3, -0.25) is 4.90 Å². The zero-order valence-electron chi connectivity index (χ0n) is 22.4. The summed E-state index contributed by atoms with van der Waals surface area (Å²) < 4.78 is 31.8. The van der Waals surface area contributed by atoms with Crippen LogP contribution in [0.15, 0.2) is 30.5 Å². The van der Waals surface area contributed by atoms with E-state index in [1.165, 1.54) is 6.07 Å². The van der Waals surface area contributed by atoms with Crippen LogP contribution in [0.1, 0.15) is 37.0 Å². The van der Waals surface area contributed by atoms with Gasteiger partial charge < -0.3 is 20.5 Å². The fraction of sp³-hybridized carbons (Fsp3) is 0.370. The van der Waals surface area contributed by atoms with Gasteiger partial charge in [-0.15, -0.1) is 0 Å². The summed E-state index contributed by atoms with van der Waals surface area (Å²) in [7, 11) is 1.89. The number of nitrogens with two attached hydrogens (primary N) is 1. The van der Waals surface area contributed by atoms with Gasteiger partial charge in [-0.25, -0.2) is 28.7 Å². The van der Waals surface area contributed by atoms with Crippen molar-refractivity contribution in [2.45, 2.75) is 39.8 Å². The van der Waals surface area contributed by atoms with Crippen molar-refractivity contribution in [3.63, 3.8) is 0 Å². The molecule has 0 aliphatic carbocycles. The molecule has 0 saturated carbocycles. The van der Waals surface area contributed by atoms with Crippen molar-refractivity contribution in [1.29, 1.82) is 0 Å². The molecule has 1 aliphatic heterocycles. The summed E-state index contributed by atoms with van der Waals surface area (Å²) in [5.41, 5.74) is 8.96. The number of anilines is 2. The number of nitrogens with one attached hydrogen (secondary N) is 1. The number of imidazole rings is 1. The van der Waals surface area contributed by atoms with Crippen LogP contribution in [0.25, 0.3) is 22.3 Å². The first-order chi connectivity index (χ1) is 18.6. The zero-order valence-corrected chi connectivity index (χ0v) is 23.2. The second kappa shape index (κ2) is 10.8. The normalized spacial score (nSPS) is 13.6. The van der Waals surface area contributed by atoms with Crippen LogP contribution < -0.4 is 11.1 Å². The Labute approximate surface area is 231 Å². The molecular weight excluding hydrogens is 520 g/mol. The van der Waals surface area contributed by atoms with E-state index in [9.17, 15) is 8.78 Å². The van der Waals surface area contributed by atoms with Gasteiger partial charge in [0.15, 0.2) is 16.7 Å². The Hall–Kier alpha value is -3.77. The summed E-state index contributed by atoms with van der Waals surface area (Å²) in [6, 6.07) is 6.92. The molecule has 9 nitrogen and oxygen atoms in total. The quantitative estimate of drug-likeness (QED) is 0.325. The van der Waals surface area contributed by atoms with Gasteiger partial charge in [-0.1, -0.05) is 6.07 Å². The number of rotatable bonds is 7. The van der Waals surface area contributed by atoms with Gasteiger partial charge in [0.2, 0.25) is 5.95 Å². The van der Waals surface area contributed by atoms with E-state index in [2.05, 4.69) is 25.2 Å². The number of hydrogen-bond acceptors (Lipinski definition) is 7. The molecule has 0 spiro atoms. The molecule has 0 atom stereocenters. The van der Waals surface area contributed by atoms with Crippen LogP contribution in [0.2, 0.25) is 0 Å². The number of pyridine rings is 1. The second-order valence-electron chi connectivity index (χ2n) is 10.1. The Kier molecular flexibility index (Phi) is 7.41. The van der Waals surface area contributed by atoms with Crippen LogP contribution in [-0.2, 0) is 13.0 Å². The molecule has 0 bridgehead atoms. The summed E-state index contributed by atoms with van der Waals surface area (Å²) in [6.45, 7) is 9.07. The molecule has 3 aromatic heterocycles. The summed E-state index contributed by atoms with van der Waals surface area (Å²) in [6.07, 6.45) is 1.87. The first kappa shape index (κ1) is 26.8. The maximum atomic E-state index is 15.0. The Morgan fingerprint density at radius 1 is 1.18 bits per heavy atom. The molecule has 1 aliphatic rings. The molecule has 0 fully saturated rings. The van der Waals surface area contributed by atoms with E-state index in [4.69, 9.17) is 22.9 Å². The molecule has 0 amide bonds. The number of halogens is 2. The van der Waals surface area contributed by atoms with Crippen LogP contribution in [0.5, 0.6) is 0 Å². The van der Waals surface area contributed by atoms with Crippen LogP contribution in [-0.4, -0.2) is 66.1 Å². The molecule has 39 heavy (non-hydrogen) atoms. The molecule has 4 heterocycles. The van der Waals surface area contributed by atoms with E-state index in [1.807, 2.05) is 49.4 Å². The summed E-state index contributed by atoms with van der Waals surface area (Å²) in [5, 5.41) is 3.47. The lowest BCUT2D eigenvalue weighted by Crippen LogP contribution is -2.40. The van der Waals surface area contributed by atoms with Gasteiger partial charge in [0.1, 0.15) is 22.9 Å². The van der Waals surface area contributed by atoms with E-state index in [-0.39, 0.29) is 23.2 Å². The SMILES string of the molecule is Cc1nc2c(F)cc(-c3nc(Nc4ccc5c(n4)CCN(CCN(C)C(N)=S)C5)ncc3F)cc2n1C(C)C. The van der Waals surface area contributed by atoms with Gasteiger partial charge in [0.25, 0.3) is 0 Å². The Bertz CT molecular complexity index is 1550. The highest BCUT2D eigenvalue weighted by molar-refractivity contribution is 7.80. The Balaban J connectivity index is 1.36. The van der Waals surface area contributed by atoms with Gasteiger partial charge in [-0.05, 0) is 56.8 Å². The predicted octanol–water partition coefficient (Wildman–Crippen LogP) is 4.33. The molecule has 204 valence electrons. The largest absolute Gasteiger partial charge is 0.376 e. The fourth-order valence-electron chi connectivity index (χ4n) is 4.94. The number of hydrogen-bond donors (Lipinski definition) is 2. The topological polar surface area (TPSA) is 101 Å². The third-order valence-electron chi connectivity index (χ3n) is 6.95. The summed E-state index contributed by atoms with van der Waals surface area (Å²) in [4.78, 5) is 21.8. The lowest BCUT2D eigenvalue weighted by atomic mass is 10.1. The molecule has 1 aromatic carbocycles. The molecule has 4 aromatic rings. The minimum absolute atomic E-state index is 0.00186. The third kappa shape index (κ3) is 5.52. The predicted molar refractivity (Wildman–Crippen MR) is 152 cm³/mol. The lowest BCUT2D eigenvalue weighted by Gasteiger charge is -2.30. The van der Waals surface area contributed by atoms with Crippen LogP contribution in [0.3, 0.4) is 0 Å². The number of aromatic nitrogens is 5. The van der Waals surface area contributed by atoms with E-state index < -0.39 is 11.6 Å². The fourth-order valence-corrected chi connectivity index (χ4v) is 5.03. The molecule has 0 unspecified atom stereocenters. The number of nitrogens with zero attached hydrogens (tertiary/aromatic N) is 7. The van der Waals surface area contributed by atoms with Crippen LogP contribution >= 0.6 is 12.2 Å². The average Bonchev–Trinajstić information content (AvgIpc) is 3.24. The van der Waals surface area contributed by atoms with E-state index in [0.717, 1.165) is 50.1 Å². The number of benzene rings is 1. The van der Waals surface area contributed by atoms with Gasteiger partial charge in [-0.2, -0.15) is 0 Å². The highest BCUT2D eigenvalue weighted by Gasteiger charge is 2.20. The Morgan fingerprint density at radius 2 is 1.97 bits per heavy atom. The summed E-state index contributed by atoms with van der Waals surface area (Å²) >= 11 is 5.02. The second-order valence-corrected chi connectivity index (χ2v) is 10.5. The minimum atomic E-state index is -0.647. The van der Waals surface area contributed by atoms with Crippen molar-refractivity contribution < 1.29 is 8.78 Å². The maximum absolute atomic E-state index is 15.0. The van der Waals surface area contributed by atoms with E-state index in [0.29, 0.717) is 27.8 Å². The lowest BCUT2D eigenvalue weighted by molar-refractivity contribution is 0.236. The number of fused-ring (bicyclic) bond motifs is 2. The first-order valence-electron chi connectivity index (χ1n) is 12.8.